The molecule has 106 valence electrons. The monoisotopic (exact) mass is 263 g/mol. The molecule has 4 nitrogen and oxygen atoms in total. The highest BCUT2D eigenvalue weighted by Crippen LogP contribution is 2.27. The first kappa shape index (κ1) is 14.3. The number of anilines is 1. The van der Waals surface area contributed by atoms with E-state index in [1.807, 2.05) is 6.20 Å². The summed E-state index contributed by atoms with van der Waals surface area (Å²) in [6.45, 7) is 5.53. The van der Waals surface area contributed by atoms with Crippen molar-refractivity contribution in [2.45, 2.75) is 58.6 Å². The zero-order chi connectivity index (χ0) is 13.7. The fraction of sp³-hybridized carbons (Fsp3) is 0.733. The third-order valence-electron chi connectivity index (χ3n) is 3.86. The van der Waals surface area contributed by atoms with Crippen LogP contribution in [0.15, 0.2) is 12.4 Å². The van der Waals surface area contributed by atoms with Crippen LogP contribution in [0, 0.1) is 5.92 Å². The van der Waals surface area contributed by atoms with Crippen LogP contribution >= 0.6 is 0 Å². The molecule has 0 aromatic carbocycles. The van der Waals surface area contributed by atoms with E-state index < -0.39 is 0 Å². The number of aliphatic hydroxyl groups excluding tert-OH is 1. The molecular weight excluding hydrogens is 238 g/mol. The zero-order valence-corrected chi connectivity index (χ0v) is 12.0. The molecule has 1 aliphatic rings. The van der Waals surface area contributed by atoms with Gasteiger partial charge in [0.2, 0.25) is 0 Å². The second kappa shape index (κ2) is 6.85. The number of aliphatic hydroxyl groups is 1. The fourth-order valence-electron chi connectivity index (χ4n) is 2.68. The molecule has 0 spiro atoms. The van der Waals surface area contributed by atoms with E-state index in [9.17, 15) is 0 Å². The van der Waals surface area contributed by atoms with Gasteiger partial charge in [-0.15, -0.1) is 0 Å². The third kappa shape index (κ3) is 3.90. The van der Waals surface area contributed by atoms with Gasteiger partial charge in [-0.1, -0.05) is 26.7 Å². The normalized spacial score (nSPS) is 16.2. The average Bonchev–Trinajstić information content (AvgIpc) is 2.93. The molecule has 1 aromatic rings. The summed E-state index contributed by atoms with van der Waals surface area (Å²) in [5.41, 5.74) is 0.638. The molecule has 0 amide bonds. The minimum Gasteiger partial charge on any atom is -0.390 e. The molecule has 1 fully saturated rings. The van der Waals surface area contributed by atoms with Gasteiger partial charge in [-0.25, -0.2) is 4.98 Å². The summed E-state index contributed by atoms with van der Waals surface area (Å²) in [7, 11) is 0. The molecule has 1 aromatic heterocycles. The number of hydrogen-bond acceptors (Lipinski definition) is 4. The van der Waals surface area contributed by atoms with Crippen molar-refractivity contribution in [2.24, 2.45) is 5.92 Å². The second-order valence-corrected chi connectivity index (χ2v) is 5.84. The van der Waals surface area contributed by atoms with Gasteiger partial charge in [0, 0.05) is 12.6 Å². The number of rotatable bonds is 6. The zero-order valence-electron chi connectivity index (χ0n) is 12.0. The lowest BCUT2D eigenvalue weighted by atomic mass is 10.1. The lowest BCUT2D eigenvalue weighted by Crippen LogP contribution is -2.35. The molecule has 1 N–H and O–H groups in total. The summed E-state index contributed by atoms with van der Waals surface area (Å²) in [5, 5.41) is 9.04. The summed E-state index contributed by atoms with van der Waals surface area (Å²) in [4.78, 5) is 11.2. The lowest BCUT2D eigenvalue weighted by molar-refractivity contribution is 0.276. The maximum atomic E-state index is 9.04. The van der Waals surface area contributed by atoms with Crippen LogP contribution in [0.25, 0.3) is 0 Å². The summed E-state index contributed by atoms with van der Waals surface area (Å²) >= 11 is 0. The SMILES string of the molecule is CC(C)CCN(c1cnc(CO)cn1)C1CCCC1. The first-order valence-corrected chi connectivity index (χ1v) is 7.39. The molecule has 0 bridgehead atoms. The van der Waals surface area contributed by atoms with Gasteiger partial charge in [0.15, 0.2) is 0 Å². The van der Waals surface area contributed by atoms with E-state index in [1.165, 1.54) is 32.1 Å². The highest BCUT2D eigenvalue weighted by molar-refractivity contribution is 5.37. The molecule has 1 heterocycles. The highest BCUT2D eigenvalue weighted by Gasteiger charge is 2.23. The summed E-state index contributed by atoms with van der Waals surface area (Å²) in [6, 6.07) is 0.619. The Bertz CT molecular complexity index is 371. The molecule has 1 saturated carbocycles. The standard InChI is InChI=1S/C15H25N3O/c1-12(2)7-8-18(14-5-3-4-6-14)15-10-16-13(11-19)9-17-15/h9-10,12,14,19H,3-8,11H2,1-2H3. The van der Waals surface area contributed by atoms with Gasteiger partial charge >= 0.3 is 0 Å². The Morgan fingerprint density at radius 3 is 2.53 bits per heavy atom. The van der Waals surface area contributed by atoms with Crippen molar-refractivity contribution in [3.05, 3.63) is 18.1 Å². The van der Waals surface area contributed by atoms with Crippen LogP contribution in [0.5, 0.6) is 0 Å². The molecule has 0 saturated heterocycles. The maximum absolute atomic E-state index is 9.04. The maximum Gasteiger partial charge on any atom is 0.147 e. The lowest BCUT2D eigenvalue weighted by Gasteiger charge is -2.30. The van der Waals surface area contributed by atoms with Crippen LogP contribution in [0.1, 0.15) is 51.6 Å². The molecule has 0 aliphatic heterocycles. The number of aromatic nitrogens is 2. The van der Waals surface area contributed by atoms with Gasteiger partial charge in [0.1, 0.15) is 5.82 Å². The van der Waals surface area contributed by atoms with Crippen molar-refractivity contribution in [2.75, 3.05) is 11.4 Å². The van der Waals surface area contributed by atoms with Gasteiger partial charge in [-0.2, -0.15) is 0 Å². The Morgan fingerprint density at radius 2 is 2.00 bits per heavy atom. The van der Waals surface area contributed by atoms with Gasteiger partial charge in [0.25, 0.3) is 0 Å². The van der Waals surface area contributed by atoms with Crippen LogP contribution in [0.2, 0.25) is 0 Å². The predicted molar refractivity (Wildman–Crippen MR) is 77.0 cm³/mol. The van der Waals surface area contributed by atoms with Crippen molar-refractivity contribution in [1.82, 2.24) is 9.97 Å². The minimum atomic E-state index is -0.0390. The minimum absolute atomic E-state index is 0.0390. The molecule has 4 heteroatoms. The topological polar surface area (TPSA) is 49.2 Å². The van der Waals surface area contributed by atoms with Crippen LogP contribution in [-0.2, 0) is 6.61 Å². The van der Waals surface area contributed by atoms with Gasteiger partial charge in [-0.3, -0.25) is 4.98 Å². The molecule has 2 rings (SSSR count). The van der Waals surface area contributed by atoms with Gasteiger partial charge in [0.05, 0.1) is 24.7 Å². The molecule has 0 unspecified atom stereocenters. The number of nitrogens with zero attached hydrogens (tertiary/aromatic N) is 3. The van der Waals surface area contributed by atoms with Crippen molar-refractivity contribution < 1.29 is 5.11 Å². The van der Waals surface area contributed by atoms with E-state index in [4.69, 9.17) is 5.11 Å². The van der Waals surface area contributed by atoms with E-state index >= 15 is 0 Å². The largest absolute Gasteiger partial charge is 0.390 e. The first-order valence-electron chi connectivity index (χ1n) is 7.39. The molecule has 1 aliphatic carbocycles. The molecule has 0 radical (unpaired) electrons. The Kier molecular flexibility index (Phi) is 5.14. The highest BCUT2D eigenvalue weighted by atomic mass is 16.3. The Hall–Kier alpha value is -1.16. The van der Waals surface area contributed by atoms with Crippen LogP contribution < -0.4 is 4.90 Å². The van der Waals surface area contributed by atoms with E-state index in [2.05, 4.69) is 28.7 Å². The quantitative estimate of drug-likeness (QED) is 0.857. The van der Waals surface area contributed by atoms with E-state index in [0.717, 1.165) is 12.4 Å². The molecule has 19 heavy (non-hydrogen) atoms. The Morgan fingerprint density at radius 1 is 1.26 bits per heavy atom. The van der Waals surface area contributed by atoms with Crippen molar-refractivity contribution in [3.63, 3.8) is 0 Å². The first-order chi connectivity index (χ1) is 9.20. The van der Waals surface area contributed by atoms with Crippen molar-refractivity contribution in [3.8, 4) is 0 Å². The van der Waals surface area contributed by atoms with E-state index in [0.29, 0.717) is 17.7 Å². The van der Waals surface area contributed by atoms with Gasteiger partial charge in [-0.05, 0) is 25.2 Å². The summed E-state index contributed by atoms with van der Waals surface area (Å²) in [6.07, 6.45) is 9.86. The second-order valence-electron chi connectivity index (χ2n) is 5.84. The van der Waals surface area contributed by atoms with Crippen LogP contribution in [0.3, 0.4) is 0 Å². The van der Waals surface area contributed by atoms with Crippen LogP contribution in [0.4, 0.5) is 5.82 Å². The van der Waals surface area contributed by atoms with E-state index in [1.54, 1.807) is 6.20 Å². The van der Waals surface area contributed by atoms with Gasteiger partial charge < -0.3 is 10.0 Å². The third-order valence-corrected chi connectivity index (χ3v) is 3.86. The molecule has 0 atom stereocenters. The Balaban J connectivity index is 2.09. The van der Waals surface area contributed by atoms with Crippen molar-refractivity contribution in [1.29, 1.82) is 0 Å². The predicted octanol–water partition coefficient (Wildman–Crippen LogP) is 2.76. The van der Waals surface area contributed by atoms with Crippen LogP contribution in [-0.4, -0.2) is 27.7 Å². The Labute approximate surface area is 115 Å². The average molecular weight is 263 g/mol. The smallest absolute Gasteiger partial charge is 0.147 e. The fourth-order valence-corrected chi connectivity index (χ4v) is 2.68. The summed E-state index contributed by atoms with van der Waals surface area (Å²) in [5.74, 6) is 1.67. The van der Waals surface area contributed by atoms with Crippen molar-refractivity contribution >= 4 is 5.82 Å². The molecular formula is C15H25N3O. The summed E-state index contributed by atoms with van der Waals surface area (Å²) < 4.78 is 0. The van der Waals surface area contributed by atoms with E-state index in [-0.39, 0.29) is 6.61 Å². The number of hydrogen-bond donors (Lipinski definition) is 1.